The Hall–Kier alpha value is -2.56. The molecule has 3 N–H and O–H groups in total. The number of aromatic nitrogens is 1. The molecule has 2 aromatic rings. The SMILES string of the molecule is COC(=O)c1ccc(N)c(NCc2cccc(C)c2)n1. The smallest absolute Gasteiger partial charge is 0.356 e. The van der Waals surface area contributed by atoms with Crippen molar-refractivity contribution in [1.29, 1.82) is 0 Å². The van der Waals surface area contributed by atoms with Crippen LogP contribution in [0.2, 0.25) is 0 Å². The molecule has 0 aliphatic carbocycles. The number of hydrogen-bond acceptors (Lipinski definition) is 5. The van der Waals surface area contributed by atoms with Crippen LogP contribution in [0.15, 0.2) is 36.4 Å². The molecule has 2 rings (SSSR count). The molecule has 0 bridgehead atoms. The molecule has 1 aromatic heterocycles. The zero-order chi connectivity index (χ0) is 14.5. The van der Waals surface area contributed by atoms with Crippen LogP contribution in [-0.2, 0) is 11.3 Å². The van der Waals surface area contributed by atoms with E-state index >= 15 is 0 Å². The van der Waals surface area contributed by atoms with Crippen molar-refractivity contribution in [2.75, 3.05) is 18.2 Å². The molecule has 104 valence electrons. The summed E-state index contributed by atoms with van der Waals surface area (Å²) in [5, 5.41) is 3.13. The van der Waals surface area contributed by atoms with Crippen molar-refractivity contribution in [3.05, 3.63) is 53.2 Å². The molecule has 0 unspecified atom stereocenters. The van der Waals surface area contributed by atoms with E-state index in [2.05, 4.69) is 21.1 Å². The Morgan fingerprint density at radius 3 is 2.85 bits per heavy atom. The van der Waals surface area contributed by atoms with Crippen molar-refractivity contribution in [1.82, 2.24) is 4.98 Å². The van der Waals surface area contributed by atoms with E-state index in [-0.39, 0.29) is 5.69 Å². The fourth-order valence-corrected chi connectivity index (χ4v) is 1.84. The van der Waals surface area contributed by atoms with Crippen LogP contribution in [0.4, 0.5) is 11.5 Å². The van der Waals surface area contributed by atoms with Gasteiger partial charge in [0.15, 0.2) is 5.69 Å². The Morgan fingerprint density at radius 2 is 2.15 bits per heavy atom. The number of methoxy groups -OCH3 is 1. The van der Waals surface area contributed by atoms with Crippen LogP contribution in [0.1, 0.15) is 21.6 Å². The van der Waals surface area contributed by atoms with Crippen molar-refractivity contribution in [2.24, 2.45) is 0 Å². The van der Waals surface area contributed by atoms with Gasteiger partial charge in [0.25, 0.3) is 0 Å². The lowest BCUT2D eigenvalue weighted by Crippen LogP contribution is -2.10. The maximum Gasteiger partial charge on any atom is 0.356 e. The quantitative estimate of drug-likeness (QED) is 0.835. The lowest BCUT2D eigenvalue weighted by Gasteiger charge is -2.10. The van der Waals surface area contributed by atoms with Crippen molar-refractivity contribution in [3.8, 4) is 0 Å². The van der Waals surface area contributed by atoms with Crippen molar-refractivity contribution >= 4 is 17.5 Å². The van der Waals surface area contributed by atoms with Crippen LogP contribution in [0.3, 0.4) is 0 Å². The Morgan fingerprint density at radius 1 is 1.35 bits per heavy atom. The number of carbonyl (C=O) groups excluding carboxylic acids is 1. The topological polar surface area (TPSA) is 77.2 Å². The second-order valence-electron chi connectivity index (χ2n) is 4.47. The molecule has 0 aliphatic rings. The number of nitrogen functional groups attached to an aromatic ring is 1. The number of nitrogens with zero attached hydrogens (tertiary/aromatic N) is 1. The third kappa shape index (κ3) is 3.26. The van der Waals surface area contributed by atoms with E-state index in [4.69, 9.17) is 5.73 Å². The first kappa shape index (κ1) is 13.9. The molecule has 20 heavy (non-hydrogen) atoms. The number of ether oxygens (including phenoxy) is 1. The number of pyridine rings is 1. The Labute approximate surface area is 117 Å². The highest BCUT2D eigenvalue weighted by Gasteiger charge is 2.10. The lowest BCUT2D eigenvalue weighted by atomic mass is 10.1. The van der Waals surface area contributed by atoms with E-state index in [1.165, 1.54) is 12.7 Å². The van der Waals surface area contributed by atoms with Crippen LogP contribution >= 0.6 is 0 Å². The van der Waals surface area contributed by atoms with E-state index in [1.807, 2.05) is 25.1 Å². The van der Waals surface area contributed by atoms with Crippen LogP contribution in [-0.4, -0.2) is 18.1 Å². The van der Waals surface area contributed by atoms with Gasteiger partial charge >= 0.3 is 5.97 Å². The van der Waals surface area contributed by atoms with E-state index in [0.717, 1.165) is 5.56 Å². The predicted molar refractivity (Wildman–Crippen MR) is 78.5 cm³/mol. The molecule has 0 aliphatic heterocycles. The molecular formula is C15H17N3O2. The van der Waals surface area contributed by atoms with Gasteiger partial charge in [-0.05, 0) is 24.6 Å². The largest absolute Gasteiger partial charge is 0.464 e. The van der Waals surface area contributed by atoms with E-state index in [1.54, 1.807) is 12.1 Å². The van der Waals surface area contributed by atoms with Gasteiger partial charge in [0.2, 0.25) is 0 Å². The molecule has 0 amide bonds. The highest BCUT2D eigenvalue weighted by molar-refractivity contribution is 5.88. The van der Waals surface area contributed by atoms with Crippen molar-refractivity contribution < 1.29 is 9.53 Å². The van der Waals surface area contributed by atoms with Gasteiger partial charge in [-0.25, -0.2) is 9.78 Å². The number of nitrogens with one attached hydrogen (secondary N) is 1. The van der Waals surface area contributed by atoms with E-state index < -0.39 is 5.97 Å². The maximum absolute atomic E-state index is 11.4. The van der Waals surface area contributed by atoms with E-state index in [0.29, 0.717) is 18.1 Å². The van der Waals surface area contributed by atoms with Gasteiger partial charge in [-0.3, -0.25) is 0 Å². The highest BCUT2D eigenvalue weighted by atomic mass is 16.5. The van der Waals surface area contributed by atoms with Gasteiger partial charge < -0.3 is 15.8 Å². The molecule has 5 heteroatoms. The first-order chi connectivity index (χ1) is 9.60. The molecular weight excluding hydrogens is 254 g/mol. The summed E-state index contributed by atoms with van der Waals surface area (Å²) < 4.78 is 4.64. The normalized spacial score (nSPS) is 10.1. The Bertz CT molecular complexity index is 626. The van der Waals surface area contributed by atoms with Crippen LogP contribution in [0, 0.1) is 6.92 Å². The fraction of sp³-hybridized carbons (Fsp3) is 0.200. The average molecular weight is 271 g/mol. The fourth-order valence-electron chi connectivity index (χ4n) is 1.84. The second-order valence-corrected chi connectivity index (χ2v) is 4.47. The van der Waals surface area contributed by atoms with Gasteiger partial charge in [0.1, 0.15) is 5.82 Å². The number of benzene rings is 1. The zero-order valence-corrected chi connectivity index (χ0v) is 11.5. The minimum atomic E-state index is -0.483. The maximum atomic E-state index is 11.4. The molecule has 0 saturated carbocycles. The number of esters is 1. The number of anilines is 2. The van der Waals surface area contributed by atoms with Crippen LogP contribution < -0.4 is 11.1 Å². The molecule has 0 atom stereocenters. The molecule has 0 saturated heterocycles. The number of nitrogens with two attached hydrogens (primary N) is 1. The summed E-state index contributed by atoms with van der Waals surface area (Å²) in [4.78, 5) is 15.6. The summed E-state index contributed by atoms with van der Waals surface area (Å²) in [5.41, 5.74) is 8.88. The zero-order valence-electron chi connectivity index (χ0n) is 11.5. The first-order valence-electron chi connectivity index (χ1n) is 6.24. The summed E-state index contributed by atoms with van der Waals surface area (Å²) in [7, 11) is 1.32. The molecule has 0 fully saturated rings. The van der Waals surface area contributed by atoms with Gasteiger partial charge in [0, 0.05) is 6.54 Å². The summed E-state index contributed by atoms with van der Waals surface area (Å²) in [5.74, 6) is -0.00184. The third-order valence-electron chi connectivity index (χ3n) is 2.86. The highest BCUT2D eigenvalue weighted by Crippen LogP contribution is 2.17. The standard InChI is InChI=1S/C15H17N3O2/c1-10-4-3-5-11(8-10)9-17-14-12(16)6-7-13(18-14)15(19)20-2/h3-8H,9,16H2,1-2H3,(H,17,18). The summed E-state index contributed by atoms with van der Waals surface area (Å²) >= 11 is 0. The van der Waals surface area contributed by atoms with Crippen LogP contribution in [0.25, 0.3) is 0 Å². The monoisotopic (exact) mass is 271 g/mol. The van der Waals surface area contributed by atoms with Crippen molar-refractivity contribution in [3.63, 3.8) is 0 Å². The lowest BCUT2D eigenvalue weighted by molar-refractivity contribution is 0.0594. The Kier molecular flexibility index (Phi) is 4.20. The summed E-state index contributed by atoms with van der Waals surface area (Å²) in [6.45, 7) is 2.62. The van der Waals surface area contributed by atoms with Crippen molar-refractivity contribution in [2.45, 2.75) is 13.5 Å². The van der Waals surface area contributed by atoms with Gasteiger partial charge in [-0.1, -0.05) is 29.8 Å². The third-order valence-corrected chi connectivity index (χ3v) is 2.86. The number of hydrogen-bond donors (Lipinski definition) is 2. The predicted octanol–water partition coefficient (Wildman–Crippen LogP) is 2.37. The molecule has 0 radical (unpaired) electrons. The average Bonchev–Trinajstić information content (AvgIpc) is 2.45. The van der Waals surface area contributed by atoms with E-state index in [9.17, 15) is 4.79 Å². The van der Waals surface area contributed by atoms with Gasteiger partial charge in [0.05, 0.1) is 12.8 Å². The second kappa shape index (κ2) is 6.06. The summed E-state index contributed by atoms with van der Waals surface area (Å²) in [6.07, 6.45) is 0. The Balaban J connectivity index is 2.14. The number of carbonyl (C=O) groups is 1. The minimum Gasteiger partial charge on any atom is -0.464 e. The number of aryl methyl sites for hydroxylation is 1. The minimum absolute atomic E-state index is 0.230. The first-order valence-corrected chi connectivity index (χ1v) is 6.24. The molecule has 1 aromatic carbocycles. The van der Waals surface area contributed by atoms with Crippen LogP contribution in [0.5, 0.6) is 0 Å². The molecule has 5 nitrogen and oxygen atoms in total. The molecule has 0 spiro atoms. The van der Waals surface area contributed by atoms with Gasteiger partial charge in [-0.15, -0.1) is 0 Å². The summed E-state index contributed by atoms with van der Waals surface area (Å²) in [6, 6.07) is 11.3. The number of rotatable bonds is 4. The van der Waals surface area contributed by atoms with Gasteiger partial charge in [-0.2, -0.15) is 0 Å². The molecule has 1 heterocycles.